The van der Waals surface area contributed by atoms with Gasteiger partial charge in [-0.15, -0.1) is 0 Å². The molecule has 120 valence electrons. The van der Waals surface area contributed by atoms with Gasteiger partial charge in [-0.2, -0.15) is 0 Å². The first-order valence-electron chi connectivity index (χ1n) is 6.91. The van der Waals surface area contributed by atoms with E-state index in [2.05, 4.69) is 13.2 Å². The smallest absolute Gasteiger partial charge is 0.330 e. The van der Waals surface area contributed by atoms with E-state index < -0.39 is 12.1 Å². The summed E-state index contributed by atoms with van der Waals surface area (Å²) in [6, 6.07) is 0. The molecule has 0 bridgehead atoms. The number of rotatable bonds is 14. The van der Waals surface area contributed by atoms with Crippen molar-refractivity contribution in [1.29, 1.82) is 0 Å². The molecular formula is C15H24O6. The summed E-state index contributed by atoms with van der Waals surface area (Å²) >= 11 is 0. The van der Waals surface area contributed by atoms with E-state index in [9.17, 15) is 9.59 Å². The topological polar surface area (TPSA) is 82.1 Å². The summed E-state index contributed by atoms with van der Waals surface area (Å²) in [6.07, 6.45) is 2.87. The average molecular weight is 300 g/mol. The molecule has 0 aromatic rings. The van der Waals surface area contributed by atoms with Gasteiger partial charge in [0.1, 0.15) is 0 Å². The van der Waals surface area contributed by atoms with E-state index in [1.807, 2.05) is 0 Å². The first-order chi connectivity index (χ1) is 10.2. The van der Waals surface area contributed by atoms with Crippen LogP contribution in [0.1, 0.15) is 19.3 Å². The van der Waals surface area contributed by atoms with Gasteiger partial charge in [0, 0.05) is 38.9 Å². The molecule has 6 nitrogen and oxygen atoms in total. The van der Waals surface area contributed by atoms with Crippen molar-refractivity contribution in [3.05, 3.63) is 25.3 Å². The summed E-state index contributed by atoms with van der Waals surface area (Å²) in [7, 11) is 0. The molecule has 0 spiro atoms. The third-order valence-electron chi connectivity index (χ3n) is 2.49. The number of aliphatic hydroxyl groups excluding tert-OH is 1. The second-order valence-corrected chi connectivity index (χ2v) is 4.18. The molecule has 0 saturated heterocycles. The normalized spacial score (nSPS) is 11.7. The zero-order valence-electron chi connectivity index (χ0n) is 12.3. The monoisotopic (exact) mass is 300 g/mol. The Hall–Kier alpha value is -1.50. The van der Waals surface area contributed by atoms with Crippen LogP contribution in [0.4, 0.5) is 0 Å². The predicted molar refractivity (Wildman–Crippen MR) is 77.9 cm³/mol. The Labute approximate surface area is 125 Å². The number of hydrogen-bond donors (Lipinski definition) is 1. The van der Waals surface area contributed by atoms with Gasteiger partial charge in [-0.3, -0.25) is 4.79 Å². The lowest BCUT2D eigenvalue weighted by molar-refractivity contribution is -0.149. The largest absolute Gasteiger partial charge is 0.451 e. The Balaban J connectivity index is 3.73. The maximum Gasteiger partial charge on any atom is 0.330 e. The standard InChI is InChI=1S/C15H24O6/c1-3-13(17)14(21-15(18)4-2)7-12-20-11-6-10-19-9-5-8-16/h3-4,14,16H,1-2,5-12H2. The van der Waals surface area contributed by atoms with Crippen molar-refractivity contribution in [3.63, 3.8) is 0 Å². The fraction of sp³-hybridized carbons (Fsp3) is 0.600. The molecule has 0 aliphatic rings. The van der Waals surface area contributed by atoms with Crippen molar-refractivity contribution in [2.75, 3.05) is 33.0 Å². The molecule has 0 aliphatic heterocycles. The van der Waals surface area contributed by atoms with Crippen LogP contribution in [0.25, 0.3) is 0 Å². The van der Waals surface area contributed by atoms with Crippen molar-refractivity contribution in [1.82, 2.24) is 0 Å². The van der Waals surface area contributed by atoms with Crippen molar-refractivity contribution < 1.29 is 28.9 Å². The zero-order valence-corrected chi connectivity index (χ0v) is 12.3. The number of ketones is 1. The first kappa shape index (κ1) is 19.5. The van der Waals surface area contributed by atoms with Gasteiger partial charge < -0.3 is 19.3 Å². The summed E-state index contributed by atoms with van der Waals surface area (Å²) in [5.41, 5.74) is 0. The average Bonchev–Trinajstić information content (AvgIpc) is 2.51. The van der Waals surface area contributed by atoms with Gasteiger partial charge in [0.15, 0.2) is 11.9 Å². The molecule has 0 aromatic heterocycles. The second-order valence-electron chi connectivity index (χ2n) is 4.18. The number of aliphatic hydroxyl groups is 1. The van der Waals surface area contributed by atoms with Gasteiger partial charge in [-0.1, -0.05) is 13.2 Å². The van der Waals surface area contributed by atoms with Crippen molar-refractivity contribution in [2.45, 2.75) is 25.4 Å². The van der Waals surface area contributed by atoms with E-state index in [-0.39, 0.29) is 18.8 Å². The Kier molecular flexibility index (Phi) is 12.5. The maximum absolute atomic E-state index is 11.5. The van der Waals surface area contributed by atoms with Crippen LogP contribution in [0.2, 0.25) is 0 Å². The first-order valence-corrected chi connectivity index (χ1v) is 6.91. The Morgan fingerprint density at radius 3 is 2.19 bits per heavy atom. The van der Waals surface area contributed by atoms with E-state index in [0.29, 0.717) is 32.8 Å². The lowest BCUT2D eigenvalue weighted by Gasteiger charge is -2.14. The quantitative estimate of drug-likeness (QED) is 0.293. The SMILES string of the molecule is C=CC(=O)OC(CCOCCCOCCCO)C(=O)C=C. The molecule has 1 atom stereocenters. The van der Waals surface area contributed by atoms with Crippen LogP contribution in [-0.4, -0.2) is 56.0 Å². The molecule has 0 heterocycles. The molecule has 1 N–H and O–H groups in total. The highest BCUT2D eigenvalue weighted by Crippen LogP contribution is 2.03. The molecule has 0 fully saturated rings. The minimum atomic E-state index is -0.881. The van der Waals surface area contributed by atoms with E-state index in [0.717, 1.165) is 18.6 Å². The Bertz CT molecular complexity index is 326. The second kappa shape index (κ2) is 13.5. The molecule has 0 rings (SSSR count). The molecule has 0 aromatic carbocycles. The van der Waals surface area contributed by atoms with Gasteiger partial charge in [0.2, 0.25) is 0 Å². The van der Waals surface area contributed by atoms with Crippen LogP contribution in [-0.2, 0) is 23.8 Å². The Morgan fingerprint density at radius 2 is 1.62 bits per heavy atom. The van der Waals surface area contributed by atoms with Gasteiger partial charge in [0.25, 0.3) is 0 Å². The highest BCUT2D eigenvalue weighted by atomic mass is 16.5. The van der Waals surface area contributed by atoms with Crippen LogP contribution < -0.4 is 0 Å². The summed E-state index contributed by atoms with van der Waals surface area (Å²) in [4.78, 5) is 22.6. The van der Waals surface area contributed by atoms with E-state index in [1.54, 1.807) is 0 Å². The molecule has 6 heteroatoms. The summed E-state index contributed by atoms with van der Waals surface area (Å²) in [5.74, 6) is -1.01. The minimum Gasteiger partial charge on any atom is -0.451 e. The molecule has 0 radical (unpaired) electrons. The van der Waals surface area contributed by atoms with Crippen LogP contribution in [0, 0.1) is 0 Å². The third-order valence-corrected chi connectivity index (χ3v) is 2.49. The van der Waals surface area contributed by atoms with Gasteiger partial charge in [-0.05, 0) is 18.9 Å². The fourth-order valence-electron chi connectivity index (χ4n) is 1.40. The van der Waals surface area contributed by atoms with E-state index in [4.69, 9.17) is 19.3 Å². The van der Waals surface area contributed by atoms with Crippen molar-refractivity contribution in [2.24, 2.45) is 0 Å². The number of carbonyl (C=O) groups excluding carboxylic acids is 2. The van der Waals surface area contributed by atoms with Crippen LogP contribution in [0.3, 0.4) is 0 Å². The van der Waals surface area contributed by atoms with Crippen molar-refractivity contribution in [3.8, 4) is 0 Å². The lowest BCUT2D eigenvalue weighted by atomic mass is 10.1. The fourth-order valence-corrected chi connectivity index (χ4v) is 1.40. The number of ether oxygens (including phenoxy) is 3. The van der Waals surface area contributed by atoms with Crippen LogP contribution in [0.15, 0.2) is 25.3 Å². The van der Waals surface area contributed by atoms with Crippen molar-refractivity contribution >= 4 is 11.8 Å². The number of hydrogen-bond acceptors (Lipinski definition) is 6. The lowest BCUT2D eigenvalue weighted by Crippen LogP contribution is -2.26. The molecule has 21 heavy (non-hydrogen) atoms. The zero-order chi connectivity index (χ0) is 15.9. The number of carbonyl (C=O) groups is 2. The van der Waals surface area contributed by atoms with Crippen LogP contribution >= 0.6 is 0 Å². The summed E-state index contributed by atoms with van der Waals surface area (Å²) < 4.78 is 15.5. The Morgan fingerprint density at radius 1 is 1.00 bits per heavy atom. The molecule has 0 amide bonds. The van der Waals surface area contributed by atoms with Gasteiger partial charge >= 0.3 is 5.97 Å². The van der Waals surface area contributed by atoms with Gasteiger partial charge in [0.05, 0.1) is 6.61 Å². The molecule has 0 aliphatic carbocycles. The highest BCUT2D eigenvalue weighted by Gasteiger charge is 2.18. The summed E-state index contributed by atoms with van der Waals surface area (Å²) in [5, 5.41) is 8.56. The molecule has 0 saturated carbocycles. The van der Waals surface area contributed by atoms with Crippen LogP contribution in [0.5, 0.6) is 0 Å². The maximum atomic E-state index is 11.5. The number of esters is 1. The van der Waals surface area contributed by atoms with E-state index >= 15 is 0 Å². The molecular weight excluding hydrogens is 276 g/mol. The molecule has 1 unspecified atom stereocenters. The third kappa shape index (κ3) is 10.9. The van der Waals surface area contributed by atoms with E-state index in [1.165, 1.54) is 0 Å². The predicted octanol–water partition coefficient (Wildman–Crippen LogP) is 1.04. The summed E-state index contributed by atoms with van der Waals surface area (Å²) in [6.45, 7) is 8.64. The highest BCUT2D eigenvalue weighted by molar-refractivity contribution is 5.95. The van der Waals surface area contributed by atoms with Gasteiger partial charge in [-0.25, -0.2) is 4.79 Å². The minimum absolute atomic E-state index is 0.124.